The first-order valence-electron chi connectivity index (χ1n) is 5.61. The van der Waals surface area contributed by atoms with Crippen LogP contribution in [0.2, 0.25) is 0 Å². The highest BCUT2D eigenvalue weighted by molar-refractivity contribution is 5.94. The Balaban J connectivity index is 2.88. The minimum atomic E-state index is -0.292. The first-order valence-corrected chi connectivity index (χ1v) is 5.61. The summed E-state index contributed by atoms with van der Waals surface area (Å²) in [5.41, 5.74) is 5.80. The topological polar surface area (TPSA) is 86.8 Å². The molecule has 0 atom stereocenters. The molecule has 0 unspecified atom stereocenters. The van der Waals surface area contributed by atoms with Crippen molar-refractivity contribution in [2.75, 3.05) is 19.6 Å². The summed E-state index contributed by atoms with van der Waals surface area (Å²) in [7, 11) is 0. The van der Waals surface area contributed by atoms with Crippen LogP contribution in [0.1, 0.15) is 23.7 Å². The van der Waals surface area contributed by atoms with Gasteiger partial charge in [0, 0.05) is 25.2 Å². The smallest absolute Gasteiger partial charge is 0.254 e. The molecule has 1 rings (SSSR count). The summed E-state index contributed by atoms with van der Waals surface area (Å²) in [6.45, 7) is 3.48. The Hall–Kier alpha value is -1.75. The third-order valence-corrected chi connectivity index (χ3v) is 2.40. The van der Waals surface area contributed by atoms with Gasteiger partial charge >= 0.3 is 0 Å². The third-order valence-electron chi connectivity index (χ3n) is 2.40. The van der Waals surface area contributed by atoms with E-state index in [0.29, 0.717) is 25.2 Å². The number of carbonyl (C=O) groups is 1. The van der Waals surface area contributed by atoms with Gasteiger partial charge in [-0.25, -0.2) is 0 Å². The van der Waals surface area contributed by atoms with Gasteiger partial charge in [-0.2, -0.15) is 0 Å². The fourth-order valence-electron chi connectivity index (χ4n) is 1.58. The summed E-state index contributed by atoms with van der Waals surface area (Å²) in [6, 6.07) is 4.04. The lowest BCUT2D eigenvalue weighted by Gasteiger charge is -2.21. The molecule has 0 heterocycles. The van der Waals surface area contributed by atoms with Gasteiger partial charge in [0.1, 0.15) is 0 Å². The molecule has 0 aliphatic heterocycles. The van der Waals surface area contributed by atoms with Crippen LogP contribution in [-0.4, -0.2) is 40.7 Å². The lowest BCUT2D eigenvalue weighted by atomic mass is 10.1. The van der Waals surface area contributed by atoms with Gasteiger partial charge in [-0.05, 0) is 24.6 Å². The molecule has 1 aromatic carbocycles. The van der Waals surface area contributed by atoms with Crippen molar-refractivity contribution in [3.8, 4) is 11.5 Å². The maximum Gasteiger partial charge on any atom is 0.254 e. The van der Waals surface area contributed by atoms with Gasteiger partial charge in [0.2, 0.25) is 0 Å². The molecule has 1 aromatic rings. The number of nitrogens with two attached hydrogens (primary N) is 1. The number of phenolic OH excluding ortho intramolecular Hbond substituents is 2. The number of nitrogens with zero attached hydrogens (tertiary/aromatic N) is 1. The Morgan fingerprint density at radius 2 is 2.00 bits per heavy atom. The van der Waals surface area contributed by atoms with E-state index in [-0.39, 0.29) is 17.4 Å². The Bertz CT molecular complexity index is 387. The highest BCUT2D eigenvalue weighted by atomic mass is 16.3. The predicted molar refractivity (Wildman–Crippen MR) is 65.0 cm³/mol. The number of rotatable bonds is 5. The zero-order valence-electron chi connectivity index (χ0n) is 9.89. The number of carbonyl (C=O) groups excluding carboxylic acids is 1. The molecule has 0 bridgehead atoms. The number of aromatic hydroxyl groups is 2. The van der Waals surface area contributed by atoms with Crippen molar-refractivity contribution in [3.05, 3.63) is 23.8 Å². The fraction of sp³-hybridized carbons (Fsp3) is 0.417. The van der Waals surface area contributed by atoms with E-state index in [1.54, 1.807) is 4.90 Å². The summed E-state index contributed by atoms with van der Waals surface area (Å²) < 4.78 is 0. The maximum atomic E-state index is 12.1. The number of benzene rings is 1. The van der Waals surface area contributed by atoms with Crippen LogP contribution in [0.15, 0.2) is 18.2 Å². The summed E-state index contributed by atoms with van der Waals surface area (Å²) in [6.07, 6.45) is 0.843. The second kappa shape index (κ2) is 6.10. The SMILES string of the molecule is CCCN(CCN)C(=O)c1ccc(O)c(O)c1. The average molecular weight is 238 g/mol. The zero-order chi connectivity index (χ0) is 12.8. The van der Waals surface area contributed by atoms with E-state index in [0.717, 1.165) is 6.42 Å². The highest BCUT2D eigenvalue weighted by Gasteiger charge is 2.15. The molecule has 0 saturated heterocycles. The van der Waals surface area contributed by atoms with E-state index in [1.807, 2.05) is 6.92 Å². The van der Waals surface area contributed by atoms with Gasteiger partial charge in [-0.1, -0.05) is 6.92 Å². The zero-order valence-corrected chi connectivity index (χ0v) is 9.89. The summed E-state index contributed by atoms with van der Waals surface area (Å²) in [4.78, 5) is 13.7. The molecule has 17 heavy (non-hydrogen) atoms. The van der Waals surface area contributed by atoms with E-state index in [2.05, 4.69) is 0 Å². The monoisotopic (exact) mass is 238 g/mol. The molecule has 0 fully saturated rings. The van der Waals surface area contributed by atoms with Gasteiger partial charge in [0.15, 0.2) is 11.5 Å². The second-order valence-corrected chi connectivity index (χ2v) is 3.78. The second-order valence-electron chi connectivity index (χ2n) is 3.78. The fourth-order valence-corrected chi connectivity index (χ4v) is 1.58. The Labute approximate surface area is 100 Å². The minimum Gasteiger partial charge on any atom is -0.504 e. The van der Waals surface area contributed by atoms with Crippen LogP contribution in [0, 0.1) is 0 Å². The molecule has 5 heteroatoms. The average Bonchev–Trinajstić information content (AvgIpc) is 2.31. The van der Waals surface area contributed by atoms with Crippen LogP contribution in [-0.2, 0) is 0 Å². The summed E-state index contributed by atoms with van der Waals surface area (Å²) in [5.74, 6) is -0.713. The van der Waals surface area contributed by atoms with Gasteiger partial charge in [0.05, 0.1) is 0 Å². The summed E-state index contributed by atoms with van der Waals surface area (Å²) >= 11 is 0. The van der Waals surface area contributed by atoms with Crippen LogP contribution in [0.3, 0.4) is 0 Å². The van der Waals surface area contributed by atoms with Crippen molar-refractivity contribution in [2.24, 2.45) is 5.73 Å². The van der Waals surface area contributed by atoms with E-state index in [1.165, 1.54) is 18.2 Å². The molecule has 0 aliphatic rings. The molecule has 94 valence electrons. The highest BCUT2D eigenvalue weighted by Crippen LogP contribution is 2.25. The molecular weight excluding hydrogens is 220 g/mol. The van der Waals surface area contributed by atoms with Crippen LogP contribution in [0.25, 0.3) is 0 Å². The quantitative estimate of drug-likeness (QED) is 0.665. The molecule has 0 saturated carbocycles. The van der Waals surface area contributed by atoms with Crippen molar-refractivity contribution in [1.82, 2.24) is 4.90 Å². The number of hydrogen-bond donors (Lipinski definition) is 3. The summed E-state index contributed by atoms with van der Waals surface area (Å²) in [5, 5.41) is 18.5. The van der Waals surface area contributed by atoms with Crippen LogP contribution < -0.4 is 5.73 Å². The Morgan fingerprint density at radius 1 is 1.29 bits per heavy atom. The molecule has 0 spiro atoms. The van der Waals surface area contributed by atoms with Crippen LogP contribution in [0.4, 0.5) is 0 Å². The van der Waals surface area contributed by atoms with Gasteiger partial charge in [-0.3, -0.25) is 4.79 Å². The van der Waals surface area contributed by atoms with E-state index in [4.69, 9.17) is 5.73 Å². The molecule has 0 aromatic heterocycles. The first-order chi connectivity index (χ1) is 8.10. The lowest BCUT2D eigenvalue weighted by Crippen LogP contribution is -2.35. The molecule has 4 N–H and O–H groups in total. The van der Waals surface area contributed by atoms with E-state index in [9.17, 15) is 15.0 Å². The standard InChI is InChI=1S/C12H18N2O3/c1-2-6-14(7-5-13)12(17)9-3-4-10(15)11(16)8-9/h3-4,8,15-16H,2,5-7,13H2,1H3. The van der Waals surface area contributed by atoms with Crippen LogP contribution in [0.5, 0.6) is 11.5 Å². The predicted octanol–water partition coefficient (Wildman–Crippen LogP) is 0.909. The van der Waals surface area contributed by atoms with Gasteiger partial charge in [-0.15, -0.1) is 0 Å². The van der Waals surface area contributed by atoms with Gasteiger partial charge < -0.3 is 20.8 Å². The van der Waals surface area contributed by atoms with Crippen molar-refractivity contribution >= 4 is 5.91 Å². The number of phenols is 2. The largest absolute Gasteiger partial charge is 0.504 e. The molecule has 1 amide bonds. The van der Waals surface area contributed by atoms with Gasteiger partial charge in [0.25, 0.3) is 5.91 Å². The molecule has 0 aliphatic carbocycles. The van der Waals surface area contributed by atoms with Crippen LogP contribution >= 0.6 is 0 Å². The normalized spacial score (nSPS) is 10.2. The van der Waals surface area contributed by atoms with Crippen molar-refractivity contribution in [2.45, 2.75) is 13.3 Å². The lowest BCUT2D eigenvalue weighted by molar-refractivity contribution is 0.0760. The van der Waals surface area contributed by atoms with Crippen molar-refractivity contribution in [1.29, 1.82) is 0 Å². The van der Waals surface area contributed by atoms with E-state index >= 15 is 0 Å². The molecular formula is C12H18N2O3. The van der Waals surface area contributed by atoms with Crippen molar-refractivity contribution < 1.29 is 15.0 Å². The minimum absolute atomic E-state index is 0.187. The Morgan fingerprint density at radius 3 is 2.53 bits per heavy atom. The maximum absolute atomic E-state index is 12.1. The third kappa shape index (κ3) is 3.35. The molecule has 0 radical (unpaired) electrons. The Kier molecular flexibility index (Phi) is 4.78. The first kappa shape index (κ1) is 13.3. The molecule has 5 nitrogen and oxygen atoms in total. The number of amides is 1. The number of hydrogen-bond acceptors (Lipinski definition) is 4. The van der Waals surface area contributed by atoms with Crippen molar-refractivity contribution in [3.63, 3.8) is 0 Å². The van der Waals surface area contributed by atoms with E-state index < -0.39 is 0 Å².